The van der Waals surface area contributed by atoms with Crippen molar-refractivity contribution in [1.82, 2.24) is 9.97 Å². The molecule has 0 fully saturated rings. The predicted molar refractivity (Wildman–Crippen MR) is 85.4 cm³/mol. The van der Waals surface area contributed by atoms with E-state index in [0.717, 1.165) is 21.4 Å². The Morgan fingerprint density at radius 1 is 1.14 bits per heavy atom. The maximum Gasteiger partial charge on any atom is 0.348 e. The number of hydrogen-bond acceptors (Lipinski definition) is 4. The molecule has 0 saturated heterocycles. The van der Waals surface area contributed by atoms with Gasteiger partial charge in [-0.05, 0) is 28.1 Å². The van der Waals surface area contributed by atoms with Gasteiger partial charge in [-0.1, -0.05) is 30.3 Å². The highest BCUT2D eigenvalue weighted by molar-refractivity contribution is 9.10. The van der Waals surface area contributed by atoms with E-state index in [0.29, 0.717) is 16.4 Å². The summed E-state index contributed by atoms with van der Waals surface area (Å²) in [5.41, 5.74) is 1.93. The van der Waals surface area contributed by atoms with Crippen molar-refractivity contribution < 1.29 is 9.90 Å². The van der Waals surface area contributed by atoms with E-state index in [4.69, 9.17) is 0 Å². The Balaban J connectivity index is 2.13. The third kappa shape index (κ3) is 2.86. The molecule has 6 heteroatoms. The molecule has 0 aliphatic rings. The van der Waals surface area contributed by atoms with Crippen molar-refractivity contribution in [1.29, 1.82) is 0 Å². The molecule has 0 unspecified atom stereocenters. The first-order valence-corrected chi connectivity index (χ1v) is 7.67. The summed E-state index contributed by atoms with van der Waals surface area (Å²) < 4.78 is 0.865. The molecule has 0 atom stereocenters. The molecule has 0 aliphatic carbocycles. The van der Waals surface area contributed by atoms with Gasteiger partial charge in [-0.2, -0.15) is 0 Å². The zero-order valence-corrected chi connectivity index (χ0v) is 13.1. The second-order valence-electron chi connectivity index (χ2n) is 4.23. The van der Waals surface area contributed by atoms with E-state index in [-0.39, 0.29) is 4.88 Å². The van der Waals surface area contributed by atoms with E-state index in [2.05, 4.69) is 25.9 Å². The number of hydrogen-bond donors (Lipinski definition) is 1. The number of aromatic carboxylic acids is 1. The lowest BCUT2D eigenvalue weighted by atomic mass is 10.1. The Bertz CT molecular complexity index is 785. The number of thiazole rings is 1. The van der Waals surface area contributed by atoms with Gasteiger partial charge in [0.25, 0.3) is 0 Å². The molecule has 3 aromatic rings. The second kappa shape index (κ2) is 5.75. The molecule has 0 amide bonds. The Morgan fingerprint density at radius 2 is 1.90 bits per heavy atom. The fourth-order valence-electron chi connectivity index (χ4n) is 1.87. The fourth-order valence-corrected chi connectivity index (χ4v) is 3.01. The second-order valence-corrected chi connectivity index (χ2v) is 6.14. The Labute approximate surface area is 133 Å². The van der Waals surface area contributed by atoms with Gasteiger partial charge in [-0.15, -0.1) is 11.3 Å². The third-order valence-corrected chi connectivity index (χ3v) is 4.35. The van der Waals surface area contributed by atoms with Crippen LogP contribution in [0.15, 0.2) is 53.1 Å². The van der Waals surface area contributed by atoms with Crippen molar-refractivity contribution in [3.8, 4) is 22.0 Å². The normalized spacial score (nSPS) is 10.5. The van der Waals surface area contributed by atoms with Crippen molar-refractivity contribution >= 4 is 33.2 Å². The van der Waals surface area contributed by atoms with E-state index >= 15 is 0 Å². The van der Waals surface area contributed by atoms with Gasteiger partial charge in [0.2, 0.25) is 0 Å². The van der Waals surface area contributed by atoms with E-state index < -0.39 is 5.97 Å². The minimum absolute atomic E-state index is 0.223. The number of carboxylic acids is 1. The highest BCUT2D eigenvalue weighted by Crippen LogP contribution is 2.33. The van der Waals surface area contributed by atoms with Crippen LogP contribution in [0.1, 0.15) is 9.67 Å². The lowest BCUT2D eigenvalue weighted by Crippen LogP contribution is -1.95. The topological polar surface area (TPSA) is 63.1 Å². The first kappa shape index (κ1) is 13.9. The van der Waals surface area contributed by atoms with Crippen LogP contribution in [0.5, 0.6) is 0 Å². The first-order chi connectivity index (χ1) is 10.1. The van der Waals surface area contributed by atoms with Crippen LogP contribution in [-0.2, 0) is 0 Å². The van der Waals surface area contributed by atoms with Gasteiger partial charge in [0.15, 0.2) is 0 Å². The van der Waals surface area contributed by atoms with Crippen molar-refractivity contribution in [2.45, 2.75) is 0 Å². The Hall–Kier alpha value is -2.05. The molecule has 2 aromatic heterocycles. The number of benzene rings is 1. The largest absolute Gasteiger partial charge is 0.477 e. The van der Waals surface area contributed by atoms with Crippen LogP contribution in [0.3, 0.4) is 0 Å². The maximum atomic E-state index is 11.4. The smallest absolute Gasteiger partial charge is 0.348 e. The van der Waals surface area contributed by atoms with Gasteiger partial charge in [-0.3, -0.25) is 4.98 Å². The van der Waals surface area contributed by atoms with Crippen molar-refractivity contribution in [2.75, 3.05) is 0 Å². The molecule has 3 rings (SSSR count). The highest BCUT2D eigenvalue weighted by Gasteiger charge is 2.19. The molecule has 1 N–H and O–H groups in total. The summed E-state index contributed by atoms with van der Waals surface area (Å²) in [5.74, 6) is -0.977. The molecule has 0 spiro atoms. The van der Waals surface area contributed by atoms with Crippen molar-refractivity contribution in [2.24, 2.45) is 0 Å². The van der Waals surface area contributed by atoms with E-state index in [1.54, 1.807) is 6.20 Å². The first-order valence-electron chi connectivity index (χ1n) is 6.06. The van der Waals surface area contributed by atoms with Gasteiger partial charge in [0, 0.05) is 16.2 Å². The van der Waals surface area contributed by atoms with Gasteiger partial charge in [-0.25, -0.2) is 9.78 Å². The predicted octanol–water partition coefficient (Wildman–Crippen LogP) is 4.33. The molecule has 0 bridgehead atoms. The van der Waals surface area contributed by atoms with Crippen molar-refractivity contribution in [3.63, 3.8) is 0 Å². The zero-order chi connectivity index (χ0) is 14.8. The molecule has 0 saturated carbocycles. The van der Waals surface area contributed by atoms with Crippen LogP contribution < -0.4 is 0 Å². The average Bonchev–Trinajstić information content (AvgIpc) is 2.94. The minimum Gasteiger partial charge on any atom is -0.477 e. The zero-order valence-electron chi connectivity index (χ0n) is 10.7. The molecule has 0 radical (unpaired) electrons. The number of halogens is 1. The number of carbonyl (C=O) groups is 1. The SMILES string of the molecule is O=C(O)c1sc(-c2ccc(Br)cn2)nc1-c1ccccc1. The fraction of sp³-hybridized carbons (Fsp3) is 0. The van der Waals surface area contributed by atoms with Crippen LogP contribution in [0.4, 0.5) is 0 Å². The van der Waals surface area contributed by atoms with Gasteiger partial charge in [0.05, 0.1) is 11.4 Å². The lowest BCUT2D eigenvalue weighted by Gasteiger charge is -1.97. The summed E-state index contributed by atoms with van der Waals surface area (Å²) in [6.45, 7) is 0. The van der Waals surface area contributed by atoms with Crippen molar-refractivity contribution in [3.05, 3.63) is 58.0 Å². The van der Waals surface area contributed by atoms with E-state index in [1.165, 1.54) is 0 Å². The third-order valence-electron chi connectivity index (χ3n) is 2.82. The number of aromatic nitrogens is 2. The summed E-state index contributed by atoms with van der Waals surface area (Å²) in [5, 5.41) is 9.97. The molecule has 1 aromatic carbocycles. The molecule has 104 valence electrons. The van der Waals surface area contributed by atoms with Crippen LogP contribution in [-0.4, -0.2) is 21.0 Å². The maximum absolute atomic E-state index is 11.4. The summed E-state index contributed by atoms with van der Waals surface area (Å²) in [6.07, 6.45) is 1.67. The lowest BCUT2D eigenvalue weighted by molar-refractivity contribution is 0.0702. The summed E-state index contributed by atoms with van der Waals surface area (Å²) in [4.78, 5) is 20.4. The Kier molecular flexibility index (Phi) is 3.81. The molecule has 21 heavy (non-hydrogen) atoms. The highest BCUT2D eigenvalue weighted by atomic mass is 79.9. The number of carboxylic acid groups (broad SMARTS) is 1. The number of nitrogens with zero attached hydrogens (tertiary/aromatic N) is 2. The Morgan fingerprint density at radius 3 is 2.52 bits per heavy atom. The quantitative estimate of drug-likeness (QED) is 0.754. The van der Waals surface area contributed by atoms with Gasteiger partial charge < -0.3 is 5.11 Å². The van der Waals surface area contributed by atoms with Crippen LogP contribution in [0, 0.1) is 0 Å². The van der Waals surface area contributed by atoms with E-state index in [9.17, 15) is 9.90 Å². The number of pyridine rings is 1. The molecule has 0 aliphatic heterocycles. The number of rotatable bonds is 3. The van der Waals surface area contributed by atoms with Gasteiger partial charge in [0.1, 0.15) is 9.88 Å². The van der Waals surface area contributed by atoms with Crippen LogP contribution in [0.25, 0.3) is 22.0 Å². The molecular formula is C15H9BrN2O2S. The molecule has 2 heterocycles. The van der Waals surface area contributed by atoms with E-state index in [1.807, 2.05) is 42.5 Å². The van der Waals surface area contributed by atoms with Crippen LogP contribution in [0.2, 0.25) is 0 Å². The molecule has 4 nitrogen and oxygen atoms in total. The van der Waals surface area contributed by atoms with Gasteiger partial charge >= 0.3 is 5.97 Å². The summed E-state index contributed by atoms with van der Waals surface area (Å²) >= 11 is 4.46. The van der Waals surface area contributed by atoms with Crippen LogP contribution >= 0.6 is 27.3 Å². The molecular weight excluding hydrogens is 352 g/mol. The summed E-state index contributed by atoms with van der Waals surface area (Å²) in [7, 11) is 0. The summed E-state index contributed by atoms with van der Waals surface area (Å²) in [6, 6.07) is 13.0. The standard InChI is InChI=1S/C15H9BrN2O2S/c16-10-6-7-11(17-8-10)14-18-12(13(21-14)15(19)20)9-4-2-1-3-5-9/h1-8H,(H,19,20). The average molecular weight is 361 g/mol. The minimum atomic E-state index is -0.977. The monoisotopic (exact) mass is 360 g/mol.